The number of nitrogens with zero attached hydrogens (tertiary/aromatic N) is 2. The van der Waals surface area contributed by atoms with Crippen molar-refractivity contribution in [2.24, 2.45) is 0 Å². The predicted molar refractivity (Wildman–Crippen MR) is 114 cm³/mol. The molecule has 1 aromatic heterocycles. The fourth-order valence-corrected chi connectivity index (χ4v) is 4.97. The van der Waals surface area contributed by atoms with Crippen molar-refractivity contribution in [1.82, 2.24) is 9.78 Å². The molecule has 0 amide bonds. The van der Waals surface area contributed by atoms with E-state index >= 15 is 0 Å². The molecule has 0 bridgehead atoms. The Balaban J connectivity index is 1.84. The smallest absolute Gasteiger partial charge is 0.213 e. The average molecular weight is 453 g/mol. The zero-order valence-corrected chi connectivity index (χ0v) is 19.3. The van der Waals surface area contributed by atoms with Crippen LogP contribution in [0.3, 0.4) is 0 Å². The summed E-state index contributed by atoms with van der Waals surface area (Å²) in [7, 11) is -2.40. The van der Waals surface area contributed by atoms with E-state index in [1.54, 1.807) is 7.11 Å². The van der Waals surface area contributed by atoms with Crippen LogP contribution in [0.25, 0.3) is 0 Å². The zero-order chi connectivity index (χ0) is 22.9. The van der Waals surface area contributed by atoms with Crippen molar-refractivity contribution >= 4 is 15.6 Å². The molecule has 2 aromatic rings. The van der Waals surface area contributed by atoms with E-state index < -0.39 is 21.4 Å². The molecule has 1 aliphatic heterocycles. The first kappa shape index (κ1) is 23.4. The Bertz CT molecular complexity index is 1050. The van der Waals surface area contributed by atoms with Gasteiger partial charge in [-0.05, 0) is 40.7 Å². The summed E-state index contributed by atoms with van der Waals surface area (Å²) in [6.45, 7) is 8.37. The Labute approximate surface area is 182 Å². The fourth-order valence-electron chi connectivity index (χ4n) is 3.79. The fraction of sp³-hybridized carbons (Fsp3) is 0.545. The second-order valence-corrected chi connectivity index (χ2v) is 10.5. The Morgan fingerprint density at radius 3 is 2.39 bits per heavy atom. The molecule has 1 aromatic carbocycles. The number of ether oxygens (including phenoxy) is 2. The topological polar surface area (TPSA) is 87.5 Å². The van der Waals surface area contributed by atoms with Gasteiger partial charge in [0.05, 0.1) is 6.54 Å². The average Bonchev–Trinajstić information content (AvgIpc) is 3.12. The van der Waals surface area contributed by atoms with Crippen LogP contribution in [0.4, 0.5) is 4.39 Å². The summed E-state index contributed by atoms with van der Waals surface area (Å²) in [5, 5.41) is 3.91. The van der Waals surface area contributed by atoms with Gasteiger partial charge in [-0.3, -0.25) is 4.79 Å². The van der Waals surface area contributed by atoms with Crippen LogP contribution in [0.15, 0.2) is 23.2 Å². The molecule has 1 atom stereocenters. The number of rotatable bonds is 8. The Kier molecular flexibility index (Phi) is 6.85. The van der Waals surface area contributed by atoms with Crippen molar-refractivity contribution in [3.63, 3.8) is 0 Å². The summed E-state index contributed by atoms with van der Waals surface area (Å²) in [5.74, 6) is -1.16. The number of aromatic nitrogens is 2. The highest BCUT2D eigenvalue weighted by atomic mass is 32.2. The van der Waals surface area contributed by atoms with Gasteiger partial charge in [0.2, 0.25) is 15.7 Å². The lowest BCUT2D eigenvalue weighted by molar-refractivity contribution is -0.116. The number of fused-ring (bicyclic) bond motifs is 1. The molecule has 9 heteroatoms. The minimum absolute atomic E-state index is 0.00153. The van der Waals surface area contributed by atoms with Crippen molar-refractivity contribution in [3.05, 3.63) is 40.7 Å². The summed E-state index contributed by atoms with van der Waals surface area (Å²) in [6.07, 6.45) is -0.289. The second kappa shape index (κ2) is 9.08. The molecule has 7 nitrogen and oxygen atoms in total. The van der Waals surface area contributed by atoms with Gasteiger partial charge in [-0.15, -0.1) is 0 Å². The number of methoxy groups -OCH3 is 1. The lowest BCUT2D eigenvalue weighted by Crippen LogP contribution is -2.31. The molecule has 0 radical (unpaired) electrons. The maximum Gasteiger partial charge on any atom is 0.213 e. The third kappa shape index (κ3) is 5.15. The number of halogens is 1. The van der Waals surface area contributed by atoms with E-state index in [1.165, 1.54) is 22.9 Å². The van der Waals surface area contributed by atoms with Gasteiger partial charge in [0.1, 0.15) is 24.3 Å². The second-order valence-electron chi connectivity index (χ2n) is 8.52. The number of sulfone groups is 1. The first-order valence-corrected chi connectivity index (χ1v) is 12.0. The van der Waals surface area contributed by atoms with Crippen LogP contribution < -0.4 is 4.74 Å². The molecule has 0 aliphatic carbocycles. The molecule has 1 unspecified atom stereocenters. The van der Waals surface area contributed by atoms with E-state index in [0.29, 0.717) is 24.6 Å². The summed E-state index contributed by atoms with van der Waals surface area (Å²) >= 11 is 0. The van der Waals surface area contributed by atoms with Gasteiger partial charge >= 0.3 is 0 Å². The SMILES string of the molecule is COC1COc2cc(S(=O)(=O)CC(=O)Cc3c(C(C)C)cc(F)cc3C(C)C)nn2C1. The van der Waals surface area contributed by atoms with Crippen molar-refractivity contribution < 1.29 is 27.1 Å². The first-order chi connectivity index (χ1) is 14.5. The normalized spacial score (nSPS) is 16.5. The number of ketones is 1. The van der Waals surface area contributed by atoms with Gasteiger partial charge in [-0.25, -0.2) is 17.5 Å². The van der Waals surface area contributed by atoms with Gasteiger partial charge in [-0.1, -0.05) is 27.7 Å². The number of hydrogen-bond acceptors (Lipinski definition) is 6. The quantitative estimate of drug-likeness (QED) is 0.611. The van der Waals surface area contributed by atoms with Crippen LogP contribution in [0.5, 0.6) is 5.88 Å². The first-order valence-electron chi connectivity index (χ1n) is 10.3. The third-order valence-electron chi connectivity index (χ3n) is 5.42. The van der Waals surface area contributed by atoms with Crippen molar-refractivity contribution in [2.45, 2.75) is 63.6 Å². The van der Waals surface area contributed by atoms with Crippen molar-refractivity contribution in [2.75, 3.05) is 19.5 Å². The Morgan fingerprint density at radius 2 is 1.84 bits per heavy atom. The maximum atomic E-state index is 14.1. The highest BCUT2D eigenvalue weighted by Crippen LogP contribution is 2.30. The predicted octanol–water partition coefficient (Wildman–Crippen LogP) is 3.26. The molecule has 0 spiro atoms. The molecule has 0 fully saturated rings. The van der Waals surface area contributed by atoms with Crippen molar-refractivity contribution in [1.29, 1.82) is 0 Å². The number of carbonyl (C=O) groups excluding carboxylic acids is 1. The molecule has 0 saturated carbocycles. The number of carbonyl (C=O) groups is 1. The molecular formula is C22H29FN2O5S. The summed E-state index contributed by atoms with van der Waals surface area (Å²) in [5.41, 5.74) is 2.17. The van der Waals surface area contributed by atoms with E-state index in [2.05, 4.69) is 5.10 Å². The molecular weight excluding hydrogens is 423 g/mol. The highest BCUT2D eigenvalue weighted by Gasteiger charge is 2.29. The number of hydrogen-bond donors (Lipinski definition) is 0. The largest absolute Gasteiger partial charge is 0.475 e. The zero-order valence-electron chi connectivity index (χ0n) is 18.5. The highest BCUT2D eigenvalue weighted by molar-refractivity contribution is 7.92. The summed E-state index contributed by atoms with van der Waals surface area (Å²) in [6, 6.07) is 4.20. The summed E-state index contributed by atoms with van der Waals surface area (Å²) < 4.78 is 52.0. The van der Waals surface area contributed by atoms with Crippen LogP contribution in [-0.4, -0.2) is 49.6 Å². The van der Waals surface area contributed by atoms with Gasteiger partial charge in [-0.2, -0.15) is 5.10 Å². The van der Waals surface area contributed by atoms with Crippen LogP contribution >= 0.6 is 0 Å². The standard InChI is InChI=1S/C22H29FN2O5S/c1-13(2)18-6-15(23)7-19(14(3)4)20(18)8-16(26)12-31(27,28)21-9-22-25(24-21)10-17(29-5)11-30-22/h6-7,9,13-14,17H,8,10-12H2,1-5H3. The van der Waals surface area contributed by atoms with Crippen LogP contribution in [0.2, 0.25) is 0 Å². The minimum Gasteiger partial charge on any atom is -0.475 e. The molecule has 31 heavy (non-hydrogen) atoms. The van der Waals surface area contributed by atoms with Crippen molar-refractivity contribution in [3.8, 4) is 5.88 Å². The summed E-state index contributed by atoms with van der Waals surface area (Å²) in [4.78, 5) is 12.8. The van der Waals surface area contributed by atoms with Gasteiger partial charge in [0, 0.05) is 19.6 Å². The minimum atomic E-state index is -3.95. The number of Topliss-reactive ketones (excluding diaryl/α,β-unsaturated/α-hetero) is 1. The van der Waals surface area contributed by atoms with E-state index in [-0.39, 0.29) is 35.2 Å². The Hall–Kier alpha value is -2.26. The van der Waals surface area contributed by atoms with E-state index in [9.17, 15) is 17.6 Å². The lowest BCUT2D eigenvalue weighted by atomic mass is 9.86. The molecule has 0 N–H and O–H groups in total. The van der Waals surface area contributed by atoms with E-state index in [4.69, 9.17) is 9.47 Å². The van der Waals surface area contributed by atoms with Gasteiger partial charge in [0.15, 0.2) is 10.8 Å². The molecule has 170 valence electrons. The molecule has 0 saturated heterocycles. The Morgan fingerprint density at radius 1 is 1.23 bits per heavy atom. The third-order valence-corrected chi connectivity index (χ3v) is 6.96. The lowest BCUT2D eigenvalue weighted by Gasteiger charge is -2.22. The molecule has 3 rings (SSSR count). The van der Waals surface area contributed by atoms with Gasteiger partial charge < -0.3 is 9.47 Å². The number of benzene rings is 1. The van der Waals surface area contributed by atoms with Crippen LogP contribution in [-0.2, 0) is 32.3 Å². The maximum absolute atomic E-state index is 14.1. The van der Waals surface area contributed by atoms with Gasteiger partial charge in [0.25, 0.3) is 0 Å². The monoisotopic (exact) mass is 452 g/mol. The van der Waals surface area contributed by atoms with E-state index in [1.807, 2.05) is 27.7 Å². The molecule has 1 aliphatic rings. The van der Waals surface area contributed by atoms with Crippen LogP contribution in [0.1, 0.15) is 56.2 Å². The van der Waals surface area contributed by atoms with E-state index in [0.717, 1.165) is 11.1 Å². The van der Waals surface area contributed by atoms with Crippen LogP contribution in [0, 0.1) is 5.82 Å². The molecule has 2 heterocycles.